The van der Waals surface area contributed by atoms with E-state index in [4.69, 9.17) is 11.6 Å². The molecule has 0 aliphatic heterocycles. The first-order valence-electron chi connectivity index (χ1n) is 7.03. The van der Waals surface area contributed by atoms with Crippen molar-refractivity contribution < 1.29 is 17.9 Å². The van der Waals surface area contributed by atoms with Crippen LogP contribution in [0.15, 0.2) is 23.1 Å². The average molecular weight is 336 g/mol. The summed E-state index contributed by atoms with van der Waals surface area (Å²) in [6, 6.07) is 3.77. The summed E-state index contributed by atoms with van der Waals surface area (Å²) in [5.41, 5.74) is 0. The number of rotatable bonds is 6. The number of aliphatic hydroxyl groups excluding tert-OH is 1. The fraction of sp³-hybridized carbons (Fsp3) is 0.571. The first kappa shape index (κ1) is 16.7. The predicted octanol–water partition coefficient (Wildman–Crippen LogP) is 2.70. The molecule has 2 N–H and O–H groups in total. The number of hydrogen-bond donors (Lipinski definition) is 2. The number of aliphatic hydroxyl groups is 1. The number of sulfonamides is 1. The van der Waals surface area contributed by atoms with Crippen LogP contribution in [0.25, 0.3) is 0 Å². The van der Waals surface area contributed by atoms with Gasteiger partial charge in [-0.15, -0.1) is 0 Å². The second-order valence-corrected chi connectivity index (χ2v) is 7.46. The number of benzene rings is 1. The van der Waals surface area contributed by atoms with Crippen molar-refractivity contribution in [1.29, 1.82) is 0 Å². The van der Waals surface area contributed by atoms with Crippen LogP contribution in [0, 0.1) is 11.7 Å². The van der Waals surface area contributed by atoms with Crippen LogP contribution in [0.3, 0.4) is 0 Å². The van der Waals surface area contributed by atoms with Crippen LogP contribution in [0.2, 0.25) is 5.02 Å². The summed E-state index contributed by atoms with van der Waals surface area (Å²) >= 11 is 5.76. The summed E-state index contributed by atoms with van der Waals surface area (Å²) in [7, 11) is -3.95. The van der Waals surface area contributed by atoms with E-state index in [-0.39, 0.29) is 23.6 Å². The van der Waals surface area contributed by atoms with Gasteiger partial charge in [-0.1, -0.05) is 24.1 Å². The molecule has 2 unspecified atom stereocenters. The maximum atomic E-state index is 13.6. The van der Waals surface area contributed by atoms with E-state index in [1.807, 2.05) is 0 Å². The SMILES string of the molecule is O=S(=O)(NCCCC1CCCC1O)c1c(F)cccc1Cl. The van der Waals surface area contributed by atoms with Gasteiger partial charge in [0, 0.05) is 6.54 Å². The van der Waals surface area contributed by atoms with Crippen molar-refractivity contribution in [3.8, 4) is 0 Å². The third-order valence-electron chi connectivity index (χ3n) is 3.85. The lowest BCUT2D eigenvalue weighted by atomic mass is 10.00. The monoisotopic (exact) mass is 335 g/mol. The second-order valence-electron chi connectivity index (χ2n) is 5.35. The van der Waals surface area contributed by atoms with Crippen LogP contribution in [0.5, 0.6) is 0 Å². The molecule has 1 aromatic carbocycles. The van der Waals surface area contributed by atoms with Crippen LogP contribution >= 0.6 is 11.6 Å². The third-order valence-corrected chi connectivity index (χ3v) is 5.81. The maximum absolute atomic E-state index is 13.6. The summed E-state index contributed by atoms with van der Waals surface area (Å²) in [5.74, 6) is -0.618. The van der Waals surface area contributed by atoms with Crippen LogP contribution in [-0.4, -0.2) is 26.2 Å². The summed E-state index contributed by atoms with van der Waals surface area (Å²) in [6.45, 7) is 0.205. The second kappa shape index (κ2) is 7.05. The van der Waals surface area contributed by atoms with Crippen molar-refractivity contribution >= 4 is 21.6 Å². The van der Waals surface area contributed by atoms with E-state index in [9.17, 15) is 17.9 Å². The summed E-state index contributed by atoms with van der Waals surface area (Å²) < 4.78 is 40.1. The zero-order valence-corrected chi connectivity index (χ0v) is 13.1. The van der Waals surface area contributed by atoms with Crippen molar-refractivity contribution in [2.24, 2.45) is 5.92 Å². The van der Waals surface area contributed by atoms with E-state index in [1.165, 1.54) is 12.1 Å². The smallest absolute Gasteiger partial charge is 0.244 e. The van der Waals surface area contributed by atoms with E-state index in [1.54, 1.807) is 0 Å². The van der Waals surface area contributed by atoms with Gasteiger partial charge in [0.15, 0.2) is 0 Å². The van der Waals surface area contributed by atoms with Crippen LogP contribution < -0.4 is 4.72 Å². The molecule has 0 heterocycles. The van der Waals surface area contributed by atoms with Crippen molar-refractivity contribution in [3.63, 3.8) is 0 Å². The number of nitrogens with one attached hydrogen (secondary N) is 1. The maximum Gasteiger partial charge on any atom is 0.244 e. The molecule has 1 saturated carbocycles. The lowest BCUT2D eigenvalue weighted by molar-refractivity contribution is 0.127. The first-order valence-corrected chi connectivity index (χ1v) is 8.89. The van der Waals surface area contributed by atoms with Crippen molar-refractivity contribution in [3.05, 3.63) is 29.0 Å². The lowest BCUT2D eigenvalue weighted by Crippen LogP contribution is -2.26. The molecule has 1 aliphatic rings. The summed E-state index contributed by atoms with van der Waals surface area (Å²) in [4.78, 5) is -0.507. The Kier molecular flexibility index (Phi) is 5.60. The van der Waals surface area contributed by atoms with E-state index in [0.29, 0.717) is 6.42 Å². The van der Waals surface area contributed by atoms with E-state index in [2.05, 4.69) is 4.72 Å². The predicted molar refractivity (Wildman–Crippen MR) is 79.2 cm³/mol. The minimum atomic E-state index is -3.95. The van der Waals surface area contributed by atoms with E-state index in [0.717, 1.165) is 31.7 Å². The molecule has 2 atom stereocenters. The van der Waals surface area contributed by atoms with Crippen LogP contribution in [0.4, 0.5) is 4.39 Å². The summed E-state index contributed by atoms with van der Waals surface area (Å²) in [5, 5.41) is 9.56. The Bertz CT molecular complexity index is 574. The van der Waals surface area contributed by atoms with Gasteiger partial charge in [0.05, 0.1) is 11.1 Å². The zero-order valence-electron chi connectivity index (χ0n) is 11.6. The largest absolute Gasteiger partial charge is 0.393 e. The van der Waals surface area contributed by atoms with Gasteiger partial charge in [-0.25, -0.2) is 17.5 Å². The number of halogens is 2. The normalized spacial score (nSPS) is 22.6. The molecule has 2 rings (SSSR count). The topological polar surface area (TPSA) is 66.4 Å². The Labute approximate surface area is 129 Å². The van der Waals surface area contributed by atoms with Gasteiger partial charge in [-0.2, -0.15) is 0 Å². The standard InChI is InChI=1S/C14H19ClFNO3S/c15-11-6-2-7-12(16)14(11)21(19,20)17-9-3-5-10-4-1-8-13(10)18/h2,6-7,10,13,17-18H,1,3-5,8-9H2. The molecular weight excluding hydrogens is 317 g/mol. The minimum Gasteiger partial charge on any atom is -0.393 e. The van der Waals surface area contributed by atoms with Gasteiger partial charge in [-0.3, -0.25) is 0 Å². The molecule has 0 radical (unpaired) electrons. The van der Waals surface area contributed by atoms with Crippen molar-refractivity contribution in [1.82, 2.24) is 4.72 Å². The van der Waals surface area contributed by atoms with Gasteiger partial charge < -0.3 is 5.11 Å². The molecule has 1 aliphatic carbocycles. The van der Waals surface area contributed by atoms with Gasteiger partial charge in [0.1, 0.15) is 10.7 Å². The molecule has 0 spiro atoms. The molecule has 0 amide bonds. The Morgan fingerprint density at radius 2 is 2.14 bits per heavy atom. The van der Waals surface area contributed by atoms with Gasteiger partial charge >= 0.3 is 0 Å². The molecule has 7 heteroatoms. The van der Waals surface area contributed by atoms with Crippen molar-refractivity contribution in [2.45, 2.75) is 43.1 Å². The quantitative estimate of drug-likeness (QED) is 0.785. The summed E-state index contributed by atoms with van der Waals surface area (Å²) in [6.07, 6.45) is 3.90. The molecule has 118 valence electrons. The molecule has 0 aromatic heterocycles. The van der Waals surface area contributed by atoms with Gasteiger partial charge in [-0.05, 0) is 43.7 Å². The van der Waals surface area contributed by atoms with Crippen LogP contribution in [-0.2, 0) is 10.0 Å². The molecule has 1 fully saturated rings. The Balaban J connectivity index is 1.90. The molecule has 0 bridgehead atoms. The molecule has 1 aromatic rings. The Hall–Kier alpha value is -0.690. The lowest BCUT2D eigenvalue weighted by Gasteiger charge is -2.14. The van der Waals surface area contributed by atoms with E-state index < -0.39 is 20.7 Å². The number of hydrogen-bond acceptors (Lipinski definition) is 3. The Morgan fingerprint density at radius 3 is 2.76 bits per heavy atom. The fourth-order valence-corrected chi connectivity index (χ4v) is 4.41. The Morgan fingerprint density at radius 1 is 1.38 bits per heavy atom. The highest BCUT2D eigenvalue weighted by Crippen LogP contribution is 2.29. The first-order chi connectivity index (χ1) is 9.92. The third kappa shape index (κ3) is 4.16. The highest BCUT2D eigenvalue weighted by molar-refractivity contribution is 7.89. The highest BCUT2D eigenvalue weighted by atomic mass is 35.5. The van der Waals surface area contributed by atoms with Crippen molar-refractivity contribution in [2.75, 3.05) is 6.54 Å². The fourth-order valence-electron chi connectivity index (χ4n) is 2.74. The van der Waals surface area contributed by atoms with Gasteiger partial charge in [0.25, 0.3) is 0 Å². The average Bonchev–Trinajstić information content (AvgIpc) is 2.80. The highest BCUT2D eigenvalue weighted by Gasteiger charge is 2.25. The van der Waals surface area contributed by atoms with Crippen LogP contribution in [0.1, 0.15) is 32.1 Å². The molecule has 4 nitrogen and oxygen atoms in total. The molecule has 0 saturated heterocycles. The molecule has 21 heavy (non-hydrogen) atoms. The zero-order chi connectivity index (χ0) is 15.5. The van der Waals surface area contributed by atoms with E-state index >= 15 is 0 Å². The van der Waals surface area contributed by atoms with Gasteiger partial charge in [0.2, 0.25) is 10.0 Å². The molecular formula is C14H19ClFNO3S. The minimum absolute atomic E-state index is 0.131.